The zero-order valence-corrected chi connectivity index (χ0v) is 16.1. The number of nitrogens with one attached hydrogen (secondary N) is 1. The Labute approximate surface area is 157 Å². The van der Waals surface area contributed by atoms with Crippen LogP contribution in [0.4, 0.5) is 5.13 Å². The lowest BCUT2D eigenvalue weighted by Crippen LogP contribution is -2.14. The molecule has 1 aliphatic heterocycles. The Morgan fingerprint density at radius 2 is 2.20 bits per heavy atom. The Morgan fingerprint density at radius 3 is 2.92 bits per heavy atom. The molecule has 0 aliphatic carbocycles. The molecule has 1 N–H and O–H groups in total. The standard InChI is InChI=1S/C15H16N4O3S3/c1-21-9-3-4-10(11(7-9)22-2)13-18-19-14(25-13)17-12(20)8-24-15-16-5-6-23-15/h3-4,7H,5-6,8H2,1-2H3,(H,17,19,20). The van der Waals surface area contributed by atoms with Crippen LogP contribution < -0.4 is 14.8 Å². The Bertz CT molecular complexity index is 794. The van der Waals surface area contributed by atoms with Crippen LogP contribution in [0.1, 0.15) is 0 Å². The zero-order valence-electron chi connectivity index (χ0n) is 13.6. The lowest BCUT2D eigenvalue weighted by Gasteiger charge is -2.07. The van der Waals surface area contributed by atoms with E-state index >= 15 is 0 Å². The summed E-state index contributed by atoms with van der Waals surface area (Å²) in [4.78, 5) is 16.3. The van der Waals surface area contributed by atoms with Gasteiger partial charge in [-0.1, -0.05) is 34.9 Å². The largest absolute Gasteiger partial charge is 0.497 e. The van der Waals surface area contributed by atoms with Crippen molar-refractivity contribution in [1.29, 1.82) is 0 Å². The van der Waals surface area contributed by atoms with Crippen molar-refractivity contribution in [2.24, 2.45) is 4.99 Å². The summed E-state index contributed by atoms with van der Waals surface area (Å²) in [5, 5.41) is 12.1. The summed E-state index contributed by atoms with van der Waals surface area (Å²) in [5.74, 6) is 2.52. The fraction of sp³-hybridized carbons (Fsp3) is 0.333. The minimum atomic E-state index is -0.121. The van der Waals surface area contributed by atoms with Crippen molar-refractivity contribution in [3.8, 4) is 22.1 Å². The van der Waals surface area contributed by atoms with Crippen molar-refractivity contribution >= 4 is 50.3 Å². The summed E-state index contributed by atoms with van der Waals surface area (Å²) in [6.07, 6.45) is 0. The van der Waals surface area contributed by atoms with Crippen molar-refractivity contribution in [3.05, 3.63) is 18.2 Å². The normalized spacial score (nSPS) is 13.4. The first-order valence-corrected chi connectivity index (χ1v) is 10.1. The number of hydrogen-bond acceptors (Lipinski definition) is 9. The monoisotopic (exact) mass is 396 g/mol. The van der Waals surface area contributed by atoms with Gasteiger partial charge in [0.1, 0.15) is 15.9 Å². The van der Waals surface area contributed by atoms with Crippen LogP contribution in [0.25, 0.3) is 10.6 Å². The van der Waals surface area contributed by atoms with E-state index < -0.39 is 0 Å². The molecule has 10 heteroatoms. The van der Waals surface area contributed by atoms with Crippen molar-refractivity contribution in [1.82, 2.24) is 10.2 Å². The maximum Gasteiger partial charge on any atom is 0.236 e. The molecule has 0 spiro atoms. The third-order valence-corrected chi connectivity index (χ3v) is 6.32. The summed E-state index contributed by atoms with van der Waals surface area (Å²) >= 11 is 4.43. The van der Waals surface area contributed by atoms with Gasteiger partial charge in [-0.15, -0.1) is 10.2 Å². The molecule has 3 rings (SSSR count). The van der Waals surface area contributed by atoms with E-state index in [2.05, 4.69) is 20.5 Å². The number of benzene rings is 1. The van der Waals surface area contributed by atoms with E-state index in [0.717, 1.165) is 22.2 Å². The Kier molecular flexibility index (Phi) is 6.16. The number of aliphatic imine (C=N–C) groups is 1. The van der Waals surface area contributed by atoms with Crippen LogP contribution >= 0.6 is 34.9 Å². The van der Waals surface area contributed by atoms with Crippen molar-refractivity contribution in [2.45, 2.75) is 0 Å². The quantitative estimate of drug-likeness (QED) is 0.803. The molecule has 1 aromatic heterocycles. The molecular weight excluding hydrogens is 380 g/mol. The van der Waals surface area contributed by atoms with Gasteiger partial charge in [0.25, 0.3) is 0 Å². The Morgan fingerprint density at radius 1 is 1.32 bits per heavy atom. The molecule has 0 fully saturated rings. The van der Waals surface area contributed by atoms with E-state index in [-0.39, 0.29) is 5.91 Å². The van der Waals surface area contributed by atoms with Crippen LogP contribution in [0.5, 0.6) is 11.5 Å². The van der Waals surface area contributed by atoms with E-state index in [1.165, 1.54) is 23.1 Å². The van der Waals surface area contributed by atoms with Crippen LogP contribution in [-0.2, 0) is 4.79 Å². The minimum absolute atomic E-state index is 0.121. The van der Waals surface area contributed by atoms with Gasteiger partial charge in [0.2, 0.25) is 11.0 Å². The molecule has 0 bridgehead atoms. The lowest BCUT2D eigenvalue weighted by atomic mass is 10.2. The highest BCUT2D eigenvalue weighted by Crippen LogP contribution is 2.36. The smallest absolute Gasteiger partial charge is 0.236 e. The lowest BCUT2D eigenvalue weighted by molar-refractivity contribution is -0.113. The first-order valence-electron chi connectivity index (χ1n) is 7.35. The van der Waals surface area contributed by atoms with Crippen LogP contribution in [-0.4, -0.2) is 52.8 Å². The molecule has 0 saturated heterocycles. The number of anilines is 1. The highest BCUT2D eigenvalue weighted by atomic mass is 32.2. The van der Waals surface area contributed by atoms with Crippen molar-refractivity contribution in [2.75, 3.05) is 37.6 Å². The fourth-order valence-corrected chi connectivity index (χ4v) is 4.64. The second-order valence-electron chi connectivity index (χ2n) is 4.81. The average molecular weight is 397 g/mol. The first-order chi connectivity index (χ1) is 12.2. The van der Waals surface area contributed by atoms with E-state index in [9.17, 15) is 4.79 Å². The van der Waals surface area contributed by atoms with E-state index in [4.69, 9.17) is 9.47 Å². The van der Waals surface area contributed by atoms with Gasteiger partial charge >= 0.3 is 0 Å². The number of rotatable bonds is 6. The third-order valence-electron chi connectivity index (χ3n) is 3.19. The molecule has 0 radical (unpaired) electrons. The molecule has 1 aliphatic rings. The summed E-state index contributed by atoms with van der Waals surface area (Å²) in [5.41, 5.74) is 0.799. The maximum atomic E-state index is 12.0. The maximum absolute atomic E-state index is 12.0. The third kappa shape index (κ3) is 4.65. The van der Waals surface area contributed by atoms with Gasteiger partial charge in [-0.2, -0.15) is 0 Å². The predicted molar refractivity (Wildman–Crippen MR) is 104 cm³/mol. The Hall–Kier alpha value is -1.78. The second kappa shape index (κ2) is 8.54. The molecule has 2 heterocycles. The fourth-order valence-electron chi connectivity index (χ4n) is 2.04. The number of carbonyl (C=O) groups is 1. The molecule has 1 aromatic carbocycles. The molecule has 2 aromatic rings. The number of hydrogen-bond donors (Lipinski definition) is 1. The van der Waals surface area contributed by atoms with Crippen molar-refractivity contribution in [3.63, 3.8) is 0 Å². The number of amides is 1. The minimum Gasteiger partial charge on any atom is -0.497 e. The molecule has 0 unspecified atom stereocenters. The van der Waals surface area contributed by atoms with Crippen LogP contribution in [0.15, 0.2) is 23.2 Å². The highest BCUT2D eigenvalue weighted by molar-refractivity contribution is 8.39. The summed E-state index contributed by atoms with van der Waals surface area (Å²) < 4.78 is 11.5. The van der Waals surface area contributed by atoms with Gasteiger partial charge in [0.05, 0.1) is 32.1 Å². The topological polar surface area (TPSA) is 85.7 Å². The van der Waals surface area contributed by atoms with Crippen LogP contribution in [0, 0.1) is 0 Å². The van der Waals surface area contributed by atoms with E-state index in [1.807, 2.05) is 12.1 Å². The van der Waals surface area contributed by atoms with E-state index in [0.29, 0.717) is 27.4 Å². The van der Waals surface area contributed by atoms with Gasteiger partial charge in [0, 0.05) is 11.8 Å². The predicted octanol–water partition coefficient (Wildman–Crippen LogP) is 3.00. The number of ether oxygens (including phenoxy) is 2. The number of nitrogens with zero attached hydrogens (tertiary/aromatic N) is 3. The van der Waals surface area contributed by atoms with E-state index in [1.54, 1.807) is 32.0 Å². The number of aromatic nitrogens is 2. The van der Waals surface area contributed by atoms with Crippen LogP contribution in [0.3, 0.4) is 0 Å². The SMILES string of the molecule is COc1ccc(-c2nnc(NC(=O)CSC3=NCCS3)s2)c(OC)c1. The number of carbonyl (C=O) groups excluding carboxylic acids is 1. The number of methoxy groups -OCH3 is 2. The molecular formula is C15H16N4O3S3. The molecule has 1 amide bonds. The van der Waals surface area contributed by atoms with Gasteiger partial charge in [-0.25, -0.2) is 0 Å². The summed E-state index contributed by atoms with van der Waals surface area (Å²) in [6.45, 7) is 0.831. The Balaban J connectivity index is 1.65. The molecule has 0 atom stereocenters. The summed E-state index contributed by atoms with van der Waals surface area (Å²) in [6, 6.07) is 5.47. The van der Waals surface area contributed by atoms with Gasteiger partial charge < -0.3 is 9.47 Å². The molecule has 25 heavy (non-hydrogen) atoms. The zero-order chi connectivity index (χ0) is 17.6. The van der Waals surface area contributed by atoms with Crippen LogP contribution in [0.2, 0.25) is 0 Å². The summed E-state index contributed by atoms with van der Waals surface area (Å²) in [7, 11) is 3.18. The van der Waals surface area contributed by atoms with Gasteiger partial charge in [-0.05, 0) is 12.1 Å². The highest BCUT2D eigenvalue weighted by Gasteiger charge is 2.15. The second-order valence-corrected chi connectivity index (χ2v) is 8.10. The average Bonchev–Trinajstić information content (AvgIpc) is 3.31. The molecule has 7 nitrogen and oxygen atoms in total. The molecule has 132 valence electrons. The van der Waals surface area contributed by atoms with Gasteiger partial charge in [-0.3, -0.25) is 15.1 Å². The van der Waals surface area contributed by atoms with Gasteiger partial charge in [0.15, 0.2) is 5.01 Å². The number of thioether (sulfide) groups is 2. The first kappa shape index (κ1) is 18.0. The van der Waals surface area contributed by atoms with Crippen molar-refractivity contribution < 1.29 is 14.3 Å². The molecule has 0 saturated carbocycles.